The summed E-state index contributed by atoms with van der Waals surface area (Å²) >= 11 is 0. The van der Waals surface area contributed by atoms with Gasteiger partial charge >= 0.3 is 5.97 Å². The Bertz CT molecular complexity index is 726. The van der Waals surface area contributed by atoms with Crippen LogP contribution in [0.1, 0.15) is 25.0 Å². The highest BCUT2D eigenvalue weighted by Gasteiger charge is 2.54. The van der Waals surface area contributed by atoms with Gasteiger partial charge in [-0.2, -0.15) is 0 Å². The van der Waals surface area contributed by atoms with Gasteiger partial charge in [-0.1, -0.05) is 24.6 Å². The molecule has 0 unspecified atom stereocenters. The van der Waals surface area contributed by atoms with E-state index in [-0.39, 0.29) is 5.92 Å². The van der Waals surface area contributed by atoms with Crippen molar-refractivity contribution >= 4 is 5.97 Å². The van der Waals surface area contributed by atoms with Crippen LogP contribution >= 0.6 is 0 Å². The van der Waals surface area contributed by atoms with Crippen molar-refractivity contribution in [3.05, 3.63) is 48.2 Å². The molecule has 0 amide bonds. The van der Waals surface area contributed by atoms with Crippen LogP contribution in [0.4, 0.5) is 0 Å². The van der Waals surface area contributed by atoms with Gasteiger partial charge in [0.05, 0.1) is 12.0 Å². The Hall–Kier alpha value is -2.27. The SMILES string of the molecule is O=C(O)[C@@]12CCC[C@H]1CN(Cc1ccc(Oc3ccccc3)o1)C2. The van der Waals surface area contributed by atoms with Gasteiger partial charge in [0.15, 0.2) is 0 Å². The predicted octanol–water partition coefficient (Wildman–Crippen LogP) is 3.76. The molecule has 1 N–H and O–H groups in total. The maximum Gasteiger partial charge on any atom is 0.311 e. The van der Waals surface area contributed by atoms with Gasteiger partial charge in [0.25, 0.3) is 5.95 Å². The van der Waals surface area contributed by atoms with E-state index < -0.39 is 11.4 Å². The highest BCUT2D eigenvalue weighted by molar-refractivity contribution is 5.76. The standard InChI is InChI=1S/C19H21NO4/c21-18(22)19-10-4-5-14(19)11-20(13-19)12-16-8-9-17(24-16)23-15-6-2-1-3-7-15/h1-3,6-9,14H,4-5,10-13H2,(H,21,22)/t14-,19+/m0/s1. The van der Waals surface area contributed by atoms with Crippen molar-refractivity contribution in [2.75, 3.05) is 13.1 Å². The van der Waals surface area contributed by atoms with E-state index >= 15 is 0 Å². The van der Waals surface area contributed by atoms with Crippen LogP contribution in [0.2, 0.25) is 0 Å². The third-order valence-electron chi connectivity index (χ3n) is 5.35. The second-order valence-corrected chi connectivity index (χ2v) is 6.86. The third-order valence-corrected chi connectivity index (χ3v) is 5.35. The molecule has 0 spiro atoms. The van der Waals surface area contributed by atoms with E-state index in [2.05, 4.69) is 4.90 Å². The second-order valence-electron chi connectivity index (χ2n) is 6.86. The zero-order valence-corrected chi connectivity index (χ0v) is 13.5. The number of fused-ring (bicyclic) bond motifs is 1. The highest BCUT2D eigenvalue weighted by Crippen LogP contribution is 2.49. The number of hydrogen-bond acceptors (Lipinski definition) is 4. The van der Waals surface area contributed by atoms with E-state index in [1.165, 1.54) is 0 Å². The molecule has 0 radical (unpaired) electrons. The molecule has 1 saturated carbocycles. The van der Waals surface area contributed by atoms with Crippen molar-refractivity contribution < 1.29 is 19.1 Å². The van der Waals surface area contributed by atoms with Crippen LogP contribution in [0.15, 0.2) is 46.9 Å². The van der Waals surface area contributed by atoms with Gasteiger partial charge in [0, 0.05) is 19.2 Å². The zero-order valence-electron chi connectivity index (χ0n) is 13.5. The molecule has 2 aliphatic rings. The molecule has 0 bridgehead atoms. The molecular weight excluding hydrogens is 306 g/mol. The third kappa shape index (κ3) is 2.69. The number of benzene rings is 1. The summed E-state index contributed by atoms with van der Waals surface area (Å²) in [5, 5.41) is 9.66. The minimum Gasteiger partial charge on any atom is -0.481 e. The zero-order chi connectivity index (χ0) is 16.6. The molecule has 1 aliphatic carbocycles. The first kappa shape index (κ1) is 15.3. The van der Waals surface area contributed by atoms with Crippen LogP contribution in [0.5, 0.6) is 11.7 Å². The lowest BCUT2D eigenvalue weighted by atomic mass is 9.81. The minimum atomic E-state index is -0.639. The number of nitrogens with zero attached hydrogens (tertiary/aromatic N) is 1. The predicted molar refractivity (Wildman–Crippen MR) is 87.9 cm³/mol. The van der Waals surface area contributed by atoms with Gasteiger partial charge in [-0.05, 0) is 37.0 Å². The van der Waals surface area contributed by atoms with Crippen LogP contribution in [-0.4, -0.2) is 29.1 Å². The smallest absolute Gasteiger partial charge is 0.311 e. The summed E-state index contributed by atoms with van der Waals surface area (Å²) in [5.41, 5.74) is -0.546. The van der Waals surface area contributed by atoms with Crippen molar-refractivity contribution in [3.8, 4) is 11.7 Å². The normalized spacial score (nSPS) is 26.4. The molecule has 1 aromatic heterocycles. The summed E-state index contributed by atoms with van der Waals surface area (Å²) in [6.07, 6.45) is 2.84. The first-order valence-corrected chi connectivity index (χ1v) is 8.43. The Morgan fingerprint density at radius 1 is 1.29 bits per heavy atom. The monoisotopic (exact) mass is 327 g/mol. The van der Waals surface area contributed by atoms with Crippen molar-refractivity contribution in [1.82, 2.24) is 4.90 Å². The lowest BCUT2D eigenvalue weighted by molar-refractivity contribution is -0.149. The molecule has 2 heterocycles. The van der Waals surface area contributed by atoms with E-state index in [0.29, 0.717) is 19.0 Å². The van der Waals surface area contributed by atoms with Gasteiger partial charge in [-0.25, -0.2) is 0 Å². The van der Waals surface area contributed by atoms with E-state index in [1.807, 2.05) is 42.5 Å². The summed E-state index contributed by atoms with van der Waals surface area (Å²) in [6, 6.07) is 13.2. The number of ether oxygens (including phenoxy) is 1. The second kappa shape index (κ2) is 5.98. The van der Waals surface area contributed by atoms with Gasteiger partial charge in [0.2, 0.25) is 0 Å². The molecule has 24 heavy (non-hydrogen) atoms. The van der Waals surface area contributed by atoms with Crippen molar-refractivity contribution in [1.29, 1.82) is 0 Å². The van der Waals surface area contributed by atoms with Gasteiger partial charge in [0.1, 0.15) is 11.5 Å². The van der Waals surface area contributed by atoms with Gasteiger partial charge < -0.3 is 14.3 Å². The number of aliphatic carboxylic acids is 1. The minimum absolute atomic E-state index is 0.269. The number of carboxylic acid groups (broad SMARTS) is 1. The number of carbonyl (C=O) groups is 1. The van der Waals surface area contributed by atoms with Crippen LogP contribution in [-0.2, 0) is 11.3 Å². The maximum absolute atomic E-state index is 11.7. The fourth-order valence-electron chi connectivity index (χ4n) is 4.19. The number of likely N-dealkylation sites (tertiary alicyclic amines) is 1. The molecule has 1 aliphatic heterocycles. The summed E-state index contributed by atoms with van der Waals surface area (Å²) in [4.78, 5) is 13.9. The molecule has 5 nitrogen and oxygen atoms in total. The number of furan rings is 1. The quantitative estimate of drug-likeness (QED) is 0.906. The van der Waals surface area contributed by atoms with Crippen molar-refractivity contribution in [3.63, 3.8) is 0 Å². The molecule has 1 saturated heterocycles. The summed E-state index contributed by atoms with van der Waals surface area (Å²) < 4.78 is 11.4. The van der Waals surface area contributed by atoms with E-state index in [1.54, 1.807) is 0 Å². The number of rotatable bonds is 5. The van der Waals surface area contributed by atoms with Crippen LogP contribution in [0.3, 0.4) is 0 Å². The first-order valence-electron chi connectivity index (χ1n) is 8.43. The Kier molecular flexibility index (Phi) is 3.81. The highest BCUT2D eigenvalue weighted by atomic mass is 16.6. The van der Waals surface area contributed by atoms with E-state index in [9.17, 15) is 9.90 Å². The van der Waals surface area contributed by atoms with E-state index in [0.717, 1.165) is 37.3 Å². The van der Waals surface area contributed by atoms with Crippen LogP contribution in [0.25, 0.3) is 0 Å². The fraction of sp³-hybridized carbons (Fsp3) is 0.421. The molecule has 2 atom stereocenters. The lowest BCUT2D eigenvalue weighted by Crippen LogP contribution is -2.35. The van der Waals surface area contributed by atoms with Crippen molar-refractivity contribution in [2.45, 2.75) is 25.8 Å². The molecule has 126 valence electrons. The van der Waals surface area contributed by atoms with Crippen molar-refractivity contribution in [2.24, 2.45) is 11.3 Å². The summed E-state index contributed by atoms with van der Waals surface area (Å²) in [7, 11) is 0. The maximum atomic E-state index is 11.7. The molecule has 4 rings (SSSR count). The van der Waals surface area contributed by atoms with Gasteiger partial charge in [-0.3, -0.25) is 9.69 Å². The molecule has 2 fully saturated rings. The average molecular weight is 327 g/mol. The Labute approximate surface area is 140 Å². The van der Waals surface area contributed by atoms with Crippen LogP contribution in [0, 0.1) is 11.3 Å². The molecule has 5 heteroatoms. The topological polar surface area (TPSA) is 62.9 Å². The van der Waals surface area contributed by atoms with E-state index in [4.69, 9.17) is 9.15 Å². The summed E-state index contributed by atoms with van der Waals surface area (Å²) in [5.74, 6) is 1.63. The van der Waals surface area contributed by atoms with Gasteiger partial charge in [-0.15, -0.1) is 0 Å². The number of carboxylic acids is 1. The largest absolute Gasteiger partial charge is 0.481 e. The average Bonchev–Trinajstić information content (AvgIpc) is 3.23. The Morgan fingerprint density at radius 2 is 2.12 bits per heavy atom. The molecule has 1 aromatic carbocycles. The fourth-order valence-corrected chi connectivity index (χ4v) is 4.19. The Morgan fingerprint density at radius 3 is 2.88 bits per heavy atom. The number of para-hydroxylation sites is 1. The number of hydrogen-bond donors (Lipinski definition) is 1. The molecule has 2 aromatic rings. The lowest BCUT2D eigenvalue weighted by Gasteiger charge is -2.23. The molecular formula is C19H21NO4. The van der Waals surface area contributed by atoms with Crippen LogP contribution < -0.4 is 4.74 Å². The first-order chi connectivity index (χ1) is 11.7. The Balaban J connectivity index is 1.41. The summed E-state index contributed by atoms with van der Waals surface area (Å²) in [6.45, 7) is 2.08.